The summed E-state index contributed by atoms with van der Waals surface area (Å²) in [6.45, 7) is 0.381. The molecule has 0 bridgehead atoms. The van der Waals surface area contributed by atoms with Crippen LogP contribution in [0.25, 0.3) is 0 Å². The lowest BCUT2D eigenvalue weighted by molar-refractivity contribution is 0.107. The van der Waals surface area contributed by atoms with E-state index in [0.717, 1.165) is 14.5 Å². The van der Waals surface area contributed by atoms with Gasteiger partial charge in [-0.15, -0.1) is 0 Å². The highest BCUT2D eigenvalue weighted by Crippen LogP contribution is 2.25. The smallest absolute Gasteiger partial charge is 0.256 e. The van der Waals surface area contributed by atoms with Crippen molar-refractivity contribution < 1.29 is 9.53 Å². The minimum atomic E-state index is -0.535. The standard InChI is InChI=1S/C14H9Br2ClO2/c15-10-3-1-9(2-4-10)8-19-13-6-5-11(16)7-12(13)14(17)18/h1-7H,8H2. The zero-order chi connectivity index (χ0) is 13.8. The number of carbonyl (C=O) groups excluding carboxylic acids is 1. The zero-order valence-electron chi connectivity index (χ0n) is 9.70. The average Bonchev–Trinajstić information content (AvgIpc) is 2.39. The molecule has 2 rings (SSSR count). The van der Waals surface area contributed by atoms with Crippen LogP contribution in [0.2, 0.25) is 0 Å². The van der Waals surface area contributed by atoms with E-state index in [1.807, 2.05) is 24.3 Å². The number of halogens is 3. The van der Waals surface area contributed by atoms with Crippen molar-refractivity contribution in [3.05, 3.63) is 62.5 Å². The fourth-order valence-corrected chi connectivity index (χ4v) is 2.30. The Kier molecular flexibility index (Phi) is 5.02. The molecule has 0 aliphatic heterocycles. The van der Waals surface area contributed by atoms with Crippen molar-refractivity contribution in [1.29, 1.82) is 0 Å². The predicted molar refractivity (Wildman–Crippen MR) is 82.8 cm³/mol. The highest BCUT2D eigenvalue weighted by molar-refractivity contribution is 9.10. The van der Waals surface area contributed by atoms with Gasteiger partial charge in [-0.05, 0) is 47.5 Å². The number of hydrogen-bond acceptors (Lipinski definition) is 2. The normalized spacial score (nSPS) is 10.3. The van der Waals surface area contributed by atoms with Crippen LogP contribution >= 0.6 is 43.5 Å². The second-order valence-electron chi connectivity index (χ2n) is 3.83. The molecule has 0 amide bonds. The third kappa shape index (κ3) is 4.06. The highest BCUT2D eigenvalue weighted by Gasteiger charge is 2.11. The van der Waals surface area contributed by atoms with Crippen LogP contribution in [0.1, 0.15) is 15.9 Å². The topological polar surface area (TPSA) is 26.3 Å². The summed E-state index contributed by atoms with van der Waals surface area (Å²) in [6, 6.07) is 12.9. The van der Waals surface area contributed by atoms with Crippen LogP contribution in [0.4, 0.5) is 0 Å². The lowest BCUT2D eigenvalue weighted by Gasteiger charge is -2.09. The average molecular weight is 404 g/mol. The summed E-state index contributed by atoms with van der Waals surface area (Å²) in [7, 11) is 0. The maximum absolute atomic E-state index is 11.3. The van der Waals surface area contributed by atoms with Gasteiger partial charge in [0, 0.05) is 8.95 Å². The molecule has 5 heteroatoms. The van der Waals surface area contributed by atoms with Crippen LogP contribution in [0.15, 0.2) is 51.4 Å². The van der Waals surface area contributed by atoms with Crippen LogP contribution in [-0.4, -0.2) is 5.24 Å². The van der Waals surface area contributed by atoms with Gasteiger partial charge >= 0.3 is 0 Å². The van der Waals surface area contributed by atoms with Gasteiger partial charge < -0.3 is 4.74 Å². The molecule has 0 atom stereocenters. The maximum atomic E-state index is 11.3. The first-order valence-corrected chi connectivity index (χ1v) is 7.39. The van der Waals surface area contributed by atoms with Crippen molar-refractivity contribution in [3.63, 3.8) is 0 Å². The summed E-state index contributed by atoms with van der Waals surface area (Å²) in [6.07, 6.45) is 0. The molecule has 0 heterocycles. The number of carbonyl (C=O) groups is 1. The van der Waals surface area contributed by atoms with E-state index in [-0.39, 0.29) is 0 Å². The van der Waals surface area contributed by atoms with Gasteiger partial charge in [0.1, 0.15) is 12.4 Å². The molecule has 2 nitrogen and oxygen atoms in total. The number of ether oxygens (including phenoxy) is 1. The first-order chi connectivity index (χ1) is 9.06. The van der Waals surface area contributed by atoms with E-state index in [0.29, 0.717) is 17.9 Å². The van der Waals surface area contributed by atoms with Crippen molar-refractivity contribution in [2.45, 2.75) is 6.61 Å². The Morgan fingerprint density at radius 1 is 1.05 bits per heavy atom. The number of hydrogen-bond donors (Lipinski definition) is 0. The van der Waals surface area contributed by atoms with E-state index in [4.69, 9.17) is 16.3 Å². The van der Waals surface area contributed by atoms with E-state index in [1.165, 1.54) is 0 Å². The van der Waals surface area contributed by atoms with E-state index in [1.54, 1.807) is 18.2 Å². The van der Waals surface area contributed by atoms with Gasteiger partial charge in [0.15, 0.2) is 0 Å². The Labute approximate surface area is 133 Å². The Balaban J connectivity index is 2.15. The van der Waals surface area contributed by atoms with Crippen LogP contribution in [0, 0.1) is 0 Å². The summed E-state index contributed by atoms with van der Waals surface area (Å²) in [5.74, 6) is 0.478. The predicted octanol–water partition coefficient (Wildman–Crippen LogP) is 5.17. The molecule has 0 N–H and O–H groups in total. The first-order valence-electron chi connectivity index (χ1n) is 5.43. The molecule has 0 saturated heterocycles. The fraction of sp³-hybridized carbons (Fsp3) is 0.0714. The molecule has 0 aliphatic carbocycles. The van der Waals surface area contributed by atoms with Crippen molar-refractivity contribution in [3.8, 4) is 5.75 Å². The molecule has 19 heavy (non-hydrogen) atoms. The Morgan fingerprint density at radius 3 is 2.32 bits per heavy atom. The third-order valence-electron chi connectivity index (χ3n) is 2.46. The highest BCUT2D eigenvalue weighted by atomic mass is 79.9. The van der Waals surface area contributed by atoms with Gasteiger partial charge in [-0.2, -0.15) is 0 Å². The Bertz CT molecular complexity index is 597. The van der Waals surface area contributed by atoms with E-state index < -0.39 is 5.24 Å². The molecule has 0 spiro atoms. The van der Waals surface area contributed by atoms with Crippen LogP contribution in [0.3, 0.4) is 0 Å². The first kappa shape index (κ1) is 14.6. The number of benzene rings is 2. The monoisotopic (exact) mass is 402 g/mol. The zero-order valence-corrected chi connectivity index (χ0v) is 13.6. The quantitative estimate of drug-likeness (QED) is 0.657. The molecule has 0 fully saturated rings. The maximum Gasteiger partial charge on any atom is 0.256 e. The fourth-order valence-electron chi connectivity index (χ4n) is 1.52. The van der Waals surface area contributed by atoms with E-state index >= 15 is 0 Å². The van der Waals surface area contributed by atoms with Gasteiger partial charge in [-0.3, -0.25) is 4.79 Å². The molecule has 98 valence electrons. The van der Waals surface area contributed by atoms with Gasteiger partial charge in [0.2, 0.25) is 0 Å². The molecular weight excluding hydrogens is 395 g/mol. The summed E-state index contributed by atoms with van der Waals surface area (Å²) in [5, 5.41) is -0.535. The molecule has 0 radical (unpaired) electrons. The lowest BCUT2D eigenvalue weighted by Crippen LogP contribution is -2.00. The van der Waals surface area contributed by atoms with Gasteiger partial charge in [-0.25, -0.2) is 0 Å². The molecule has 0 saturated carbocycles. The third-order valence-corrected chi connectivity index (χ3v) is 3.69. The molecule has 0 unspecified atom stereocenters. The van der Waals surface area contributed by atoms with Gasteiger partial charge in [-0.1, -0.05) is 44.0 Å². The summed E-state index contributed by atoms with van der Waals surface area (Å²) < 4.78 is 7.43. The minimum absolute atomic E-state index is 0.355. The SMILES string of the molecule is O=C(Cl)c1cc(Br)ccc1OCc1ccc(Br)cc1. The van der Waals surface area contributed by atoms with Crippen LogP contribution < -0.4 is 4.74 Å². The molecule has 0 aliphatic rings. The van der Waals surface area contributed by atoms with Crippen molar-refractivity contribution >= 4 is 48.7 Å². The van der Waals surface area contributed by atoms with E-state index in [2.05, 4.69) is 31.9 Å². The van der Waals surface area contributed by atoms with Gasteiger partial charge in [0.25, 0.3) is 5.24 Å². The largest absolute Gasteiger partial charge is 0.488 e. The summed E-state index contributed by atoms with van der Waals surface area (Å²) in [5.41, 5.74) is 1.37. The second kappa shape index (κ2) is 6.55. The van der Waals surface area contributed by atoms with Crippen molar-refractivity contribution in [2.75, 3.05) is 0 Å². The van der Waals surface area contributed by atoms with Crippen LogP contribution in [-0.2, 0) is 6.61 Å². The second-order valence-corrected chi connectivity index (χ2v) is 6.00. The minimum Gasteiger partial charge on any atom is -0.488 e. The number of rotatable bonds is 4. The summed E-state index contributed by atoms with van der Waals surface area (Å²) in [4.78, 5) is 11.3. The van der Waals surface area contributed by atoms with Crippen molar-refractivity contribution in [2.24, 2.45) is 0 Å². The van der Waals surface area contributed by atoms with E-state index in [9.17, 15) is 4.79 Å². The molecule has 2 aromatic rings. The molecular formula is C14H9Br2ClO2. The Morgan fingerprint density at radius 2 is 1.68 bits per heavy atom. The molecule has 0 aromatic heterocycles. The van der Waals surface area contributed by atoms with Gasteiger partial charge in [0.05, 0.1) is 5.56 Å². The lowest BCUT2D eigenvalue weighted by atomic mass is 10.2. The molecule has 2 aromatic carbocycles. The van der Waals surface area contributed by atoms with Crippen LogP contribution in [0.5, 0.6) is 5.75 Å². The Hall–Kier alpha value is -0.840. The van der Waals surface area contributed by atoms with Crippen molar-refractivity contribution in [1.82, 2.24) is 0 Å². The summed E-state index contributed by atoms with van der Waals surface area (Å²) >= 11 is 12.2.